The molecule has 0 amide bonds. The lowest BCUT2D eigenvalue weighted by molar-refractivity contribution is 0.0588. The van der Waals surface area contributed by atoms with Crippen molar-refractivity contribution < 1.29 is 18.7 Å². The number of rotatable bonds is 2. The smallest absolute Gasteiger partial charge is 0.359 e. The zero-order valence-corrected chi connectivity index (χ0v) is 7.20. The van der Waals surface area contributed by atoms with Gasteiger partial charge < -0.3 is 9.47 Å². The Morgan fingerprint density at radius 3 is 2.69 bits per heavy atom. The van der Waals surface area contributed by atoms with Gasteiger partial charge in [-0.15, -0.1) is 0 Å². The van der Waals surface area contributed by atoms with Gasteiger partial charge in [-0.1, -0.05) is 0 Å². The van der Waals surface area contributed by atoms with Gasteiger partial charge in [-0.25, -0.2) is 14.2 Å². The lowest BCUT2D eigenvalue weighted by Crippen LogP contribution is -2.07. The molecule has 70 valence electrons. The number of pyridine rings is 1. The highest BCUT2D eigenvalue weighted by molar-refractivity contribution is 5.87. The van der Waals surface area contributed by atoms with Crippen LogP contribution in [0, 0.1) is 5.82 Å². The van der Waals surface area contributed by atoms with Crippen molar-refractivity contribution in [2.75, 3.05) is 14.2 Å². The first kappa shape index (κ1) is 9.44. The van der Waals surface area contributed by atoms with Crippen LogP contribution in [0.2, 0.25) is 0 Å². The highest BCUT2D eigenvalue weighted by Gasteiger charge is 2.14. The van der Waals surface area contributed by atoms with Gasteiger partial charge in [-0.2, -0.15) is 0 Å². The second-order valence-corrected chi connectivity index (χ2v) is 2.20. The third-order valence-corrected chi connectivity index (χ3v) is 1.43. The maximum absolute atomic E-state index is 13.0. The molecule has 0 fully saturated rings. The van der Waals surface area contributed by atoms with Crippen LogP contribution in [0.25, 0.3) is 0 Å². The molecule has 1 aromatic heterocycles. The summed E-state index contributed by atoms with van der Waals surface area (Å²) in [6, 6.07) is 1.07. The standard InChI is InChI=1S/C8H8FNO3/c1-12-5-3-6(9)7(10-4-5)8(11)13-2/h3-4H,1-2H3. The van der Waals surface area contributed by atoms with Crippen LogP contribution in [-0.4, -0.2) is 25.2 Å². The van der Waals surface area contributed by atoms with E-state index in [1.807, 2.05) is 0 Å². The molecule has 0 N–H and O–H groups in total. The third-order valence-electron chi connectivity index (χ3n) is 1.43. The maximum atomic E-state index is 13.0. The third kappa shape index (κ3) is 1.93. The molecule has 0 spiro atoms. The van der Waals surface area contributed by atoms with E-state index in [0.29, 0.717) is 0 Å². The van der Waals surface area contributed by atoms with Crippen LogP contribution in [0.1, 0.15) is 10.5 Å². The van der Waals surface area contributed by atoms with E-state index >= 15 is 0 Å². The summed E-state index contributed by atoms with van der Waals surface area (Å²) in [7, 11) is 2.54. The largest absolute Gasteiger partial charge is 0.495 e. The molecule has 1 rings (SSSR count). The normalized spacial score (nSPS) is 9.46. The summed E-state index contributed by atoms with van der Waals surface area (Å²) >= 11 is 0. The van der Waals surface area contributed by atoms with E-state index in [9.17, 15) is 9.18 Å². The molecule has 0 atom stereocenters. The number of hydrogen-bond acceptors (Lipinski definition) is 4. The fourth-order valence-electron chi connectivity index (χ4n) is 0.779. The van der Waals surface area contributed by atoms with Gasteiger partial charge in [0.15, 0.2) is 11.5 Å². The Labute approximate surface area is 74.3 Å². The van der Waals surface area contributed by atoms with Gasteiger partial charge in [-0.05, 0) is 0 Å². The quantitative estimate of drug-likeness (QED) is 0.645. The lowest BCUT2D eigenvalue weighted by Gasteiger charge is -2.02. The molecule has 0 saturated carbocycles. The van der Waals surface area contributed by atoms with E-state index in [1.54, 1.807) is 0 Å². The highest BCUT2D eigenvalue weighted by atomic mass is 19.1. The summed E-state index contributed by atoms with van der Waals surface area (Å²) < 4.78 is 22.0. The molecule has 13 heavy (non-hydrogen) atoms. The Morgan fingerprint density at radius 2 is 2.23 bits per heavy atom. The van der Waals surface area contributed by atoms with Crippen molar-refractivity contribution in [3.63, 3.8) is 0 Å². The molecule has 0 radical (unpaired) electrons. The molecule has 1 aromatic rings. The van der Waals surface area contributed by atoms with E-state index < -0.39 is 11.8 Å². The van der Waals surface area contributed by atoms with Gasteiger partial charge in [0.1, 0.15) is 5.75 Å². The van der Waals surface area contributed by atoms with Crippen LogP contribution < -0.4 is 4.74 Å². The van der Waals surface area contributed by atoms with Crippen molar-refractivity contribution in [3.05, 3.63) is 23.8 Å². The van der Waals surface area contributed by atoms with Crippen molar-refractivity contribution in [3.8, 4) is 5.75 Å². The minimum absolute atomic E-state index is 0.255. The second-order valence-electron chi connectivity index (χ2n) is 2.20. The number of ether oxygens (including phenoxy) is 2. The van der Waals surface area contributed by atoms with Gasteiger partial charge in [0.25, 0.3) is 0 Å². The second kappa shape index (κ2) is 3.84. The Hall–Kier alpha value is -1.65. The Balaban J connectivity index is 3.05. The summed E-state index contributed by atoms with van der Waals surface area (Å²) in [5, 5.41) is 0. The molecule has 1 heterocycles. The van der Waals surface area contributed by atoms with Crippen molar-refractivity contribution in [2.45, 2.75) is 0 Å². The predicted molar refractivity (Wildman–Crippen MR) is 42.1 cm³/mol. The zero-order chi connectivity index (χ0) is 9.84. The first-order valence-electron chi connectivity index (χ1n) is 3.47. The van der Waals surface area contributed by atoms with Gasteiger partial charge in [0, 0.05) is 6.07 Å². The minimum Gasteiger partial charge on any atom is -0.495 e. The van der Waals surface area contributed by atoms with Crippen molar-refractivity contribution >= 4 is 5.97 Å². The fourth-order valence-corrected chi connectivity index (χ4v) is 0.779. The van der Waals surface area contributed by atoms with E-state index in [4.69, 9.17) is 4.74 Å². The maximum Gasteiger partial charge on any atom is 0.359 e. The average Bonchev–Trinajstić information content (AvgIpc) is 2.16. The van der Waals surface area contributed by atoms with E-state index in [0.717, 1.165) is 13.2 Å². The summed E-state index contributed by atoms with van der Waals surface area (Å²) in [6.45, 7) is 0. The number of nitrogens with zero attached hydrogens (tertiary/aromatic N) is 1. The molecule has 0 aliphatic carbocycles. The van der Waals surface area contributed by atoms with Crippen LogP contribution in [0.4, 0.5) is 4.39 Å². The molecular weight excluding hydrogens is 177 g/mol. The highest BCUT2D eigenvalue weighted by Crippen LogP contribution is 2.13. The van der Waals surface area contributed by atoms with Gasteiger partial charge >= 0.3 is 5.97 Å². The van der Waals surface area contributed by atoms with Gasteiger partial charge in [0.05, 0.1) is 20.4 Å². The molecule has 0 aliphatic rings. The van der Waals surface area contributed by atoms with Gasteiger partial charge in [-0.3, -0.25) is 0 Å². The van der Waals surface area contributed by atoms with Gasteiger partial charge in [0.2, 0.25) is 0 Å². The van der Waals surface area contributed by atoms with Crippen molar-refractivity contribution in [1.29, 1.82) is 0 Å². The summed E-state index contributed by atoms with van der Waals surface area (Å²) in [4.78, 5) is 14.4. The van der Waals surface area contributed by atoms with E-state index in [2.05, 4.69) is 9.72 Å². The minimum atomic E-state index is -0.805. The monoisotopic (exact) mass is 185 g/mol. The molecule has 0 bridgehead atoms. The number of hydrogen-bond donors (Lipinski definition) is 0. The molecule has 5 heteroatoms. The number of halogens is 1. The van der Waals surface area contributed by atoms with Crippen LogP contribution in [0.5, 0.6) is 5.75 Å². The molecule has 4 nitrogen and oxygen atoms in total. The SMILES string of the molecule is COC(=O)c1ncc(OC)cc1F. The predicted octanol–water partition coefficient (Wildman–Crippen LogP) is 1.02. The first-order valence-corrected chi connectivity index (χ1v) is 3.47. The Morgan fingerprint density at radius 1 is 1.54 bits per heavy atom. The molecule has 0 aromatic carbocycles. The number of esters is 1. The summed E-state index contributed by atoms with van der Waals surface area (Å²) in [6.07, 6.45) is 1.25. The van der Waals surface area contributed by atoms with E-state index in [1.165, 1.54) is 13.3 Å². The topological polar surface area (TPSA) is 48.4 Å². The van der Waals surface area contributed by atoms with Crippen LogP contribution in [0.3, 0.4) is 0 Å². The number of aromatic nitrogens is 1. The number of carbonyl (C=O) groups excluding carboxylic acids is 1. The lowest BCUT2D eigenvalue weighted by atomic mass is 10.3. The molecule has 0 unspecified atom stereocenters. The van der Waals surface area contributed by atoms with E-state index in [-0.39, 0.29) is 11.4 Å². The average molecular weight is 185 g/mol. The number of methoxy groups -OCH3 is 2. The van der Waals surface area contributed by atoms with Crippen molar-refractivity contribution in [2.24, 2.45) is 0 Å². The van der Waals surface area contributed by atoms with Crippen LogP contribution >= 0.6 is 0 Å². The Bertz CT molecular complexity index is 327. The van der Waals surface area contributed by atoms with Crippen LogP contribution in [0.15, 0.2) is 12.3 Å². The fraction of sp³-hybridized carbons (Fsp3) is 0.250. The zero-order valence-electron chi connectivity index (χ0n) is 7.20. The first-order chi connectivity index (χ1) is 6.19. The molecule has 0 saturated heterocycles. The Kier molecular flexibility index (Phi) is 2.79. The summed E-state index contributed by atoms with van der Waals surface area (Å²) in [5.41, 5.74) is -0.344. The van der Waals surface area contributed by atoms with Crippen LogP contribution in [-0.2, 0) is 4.74 Å². The molecule has 0 aliphatic heterocycles. The van der Waals surface area contributed by atoms with Crippen molar-refractivity contribution in [1.82, 2.24) is 4.98 Å². The molecular formula is C8H8FNO3. The summed E-state index contributed by atoms with van der Waals surface area (Å²) in [5.74, 6) is -1.31. The number of carbonyl (C=O) groups is 1.